The van der Waals surface area contributed by atoms with Gasteiger partial charge in [0.05, 0.1) is 24.2 Å². The number of amides is 1. The van der Waals surface area contributed by atoms with Gasteiger partial charge in [0.2, 0.25) is 0 Å². The highest BCUT2D eigenvalue weighted by molar-refractivity contribution is 7.17. The first-order chi connectivity index (χ1) is 15.9. The van der Waals surface area contributed by atoms with Crippen LogP contribution in [0.2, 0.25) is 0 Å². The zero-order valence-corrected chi connectivity index (χ0v) is 21.9. The summed E-state index contributed by atoms with van der Waals surface area (Å²) in [5.41, 5.74) is 4.52. The van der Waals surface area contributed by atoms with Crippen LogP contribution >= 0.6 is 11.3 Å². The highest BCUT2D eigenvalue weighted by Gasteiger charge is 2.26. The molecule has 1 aromatic carbocycles. The van der Waals surface area contributed by atoms with E-state index in [4.69, 9.17) is 9.47 Å². The summed E-state index contributed by atoms with van der Waals surface area (Å²) >= 11 is 1.44. The lowest BCUT2D eigenvalue weighted by molar-refractivity contribution is 0.0577. The standard InChI is InChI=1S/C27H32N2O4S/c1-16-11-20(24-10-9-23(34-24)19(4)30)13-21(12-16)29(26(31)33-27(5,6)7)15-22-18(3)25(32-8)17(2)14-28-22/h9-14H,15H2,1-8H3. The number of pyridine rings is 1. The van der Waals surface area contributed by atoms with Gasteiger partial charge in [-0.2, -0.15) is 0 Å². The lowest BCUT2D eigenvalue weighted by Crippen LogP contribution is -2.37. The minimum atomic E-state index is -0.653. The van der Waals surface area contributed by atoms with E-state index >= 15 is 0 Å². The number of hydrogen-bond donors (Lipinski definition) is 0. The Bertz CT molecular complexity index is 1220. The van der Waals surface area contributed by atoms with Gasteiger partial charge in [0, 0.05) is 27.9 Å². The molecule has 0 spiro atoms. The zero-order chi connectivity index (χ0) is 25.2. The van der Waals surface area contributed by atoms with Gasteiger partial charge < -0.3 is 9.47 Å². The van der Waals surface area contributed by atoms with Gasteiger partial charge in [-0.05, 0) is 83.9 Å². The van der Waals surface area contributed by atoms with Crippen LogP contribution in [0.4, 0.5) is 10.5 Å². The molecule has 0 radical (unpaired) electrons. The summed E-state index contributed by atoms with van der Waals surface area (Å²) in [4.78, 5) is 33.0. The van der Waals surface area contributed by atoms with Crippen molar-refractivity contribution in [2.45, 2.75) is 60.6 Å². The molecule has 3 rings (SSSR count). The smallest absolute Gasteiger partial charge is 0.415 e. The number of ketones is 1. The third-order valence-corrected chi connectivity index (χ3v) is 6.52. The van der Waals surface area contributed by atoms with E-state index in [0.717, 1.165) is 38.6 Å². The zero-order valence-electron chi connectivity index (χ0n) is 21.1. The fraction of sp³-hybridized carbons (Fsp3) is 0.370. The third-order valence-electron chi connectivity index (χ3n) is 5.28. The second-order valence-electron chi connectivity index (χ2n) is 9.39. The molecule has 3 aromatic rings. The predicted molar refractivity (Wildman–Crippen MR) is 137 cm³/mol. The Morgan fingerprint density at radius 2 is 1.79 bits per heavy atom. The molecular weight excluding hydrogens is 448 g/mol. The molecular formula is C27H32N2O4S. The lowest BCUT2D eigenvalue weighted by Gasteiger charge is -2.28. The number of carbonyl (C=O) groups is 2. The first-order valence-corrected chi connectivity index (χ1v) is 11.9. The number of aromatic nitrogens is 1. The summed E-state index contributed by atoms with van der Waals surface area (Å²) < 4.78 is 11.3. The topological polar surface area (TPSA) is 68.7 Å². The molecule has 0 N–H and O–H groups in total. The van der Waals surface area contributed by atoms with E-state index in [2.05, 4.69) is 4.98 Å². The summed E-state index contributed by atoms with van der Waals surface area (Å²) in [6, 6.07) is 9.72. The molecule has 180 valence electrons. The van der Waals surface area contributed by atoms with Crippen LogP contribution in [-0.2, 0) is 11.3 Å². The molecule has 2 heterocycles. The molecule has 0 bridgehead atoms. The average molecular weight is 481 g/mol. The predicted octanol–water partition coefficient (Wildman–Crippen LogP) is 6.89. The summed E-state index contributed by atoms with van der Waals surface area (Å²) in [6.45, 7) is 13.2. The average Bonchev–Trinajstić information content (AvgIpc) is 3.22. The molecule has 0 saturated carbocycles. The van der Waals surface area contributed by atoms with Crippen molar-refractivity contribution in [2.24, 2.45) is 0 Å². The van der Waals surface area contributed by atoms with E-state index in [1.807, 2.05) is 71.9 Å². The van der Waals surface area contributed by atoms with Crippen molar-refractivity contribution >= 4 is 28.9 Å². The summed E-state index contributed by atoms with van der Waals surface area (Å²) in [6.07, 6.45) is 1.30. The van der Waals surface area contributed by atoms with Crippen LogP contribution in [0.25, 0.3) is 10.4 Å². The monoisotopic (exact) mass is 480 g/mol. The van der Waals surface area contributed by atoms with Crippen LogP contribution in [0.1, 0.15) is 59.8 Å². The van der Waals surface area contributed by atoms with Crippen LogP contribution in [0.5, 0.6) is 5.75 Å². The summed E-state index contributed by atoms with van der Waals surface area (Å²) in [5, 5.41) is 0. The van der Waals surface area contributed by atoms with Gasteiger partial charge >= 0.3 is 6.09 Å². The van der Waals surface area contributed by atoms with Crippen molar-refractivity contribution in [3.8, 4) is 16.2 Å². The SMILES string of the molecule is COc1c(C)cnc(CN(C(=O)OC(C)(C)C)c2cc(C)cc(-c3ccc(C(C)=O)s3)c2)c1C. The van der Waals surface area contributed by atoms with Crippen molar-refractivity contribution in [1.82, 2.24) is 4.98 Å². The molecule has 6 nitrogen and oxygen atoms in total. The Labute approximate surface area is 205 Å². The van der Waals surface area contributed by atoms with E-state index in [1.165, 1.54) is 11.3 Å². The number of Topliss-reactive ketones (excluding diaryl/α,β-unsaturated/α-hetero) is 1. The van der Waals surface area contributed by atoms with E-state index in [1.54, 1.807) is 25.1 Å². The molecule has 7 heteroatoms. The van der Waals surface area contributed by atoms with E-state index in [9.17, 15) is 9.59 Å². The Kier molecular flexibility index (Phi) is 7.46. The van der Waals surface area contributed by atoms with E-state index < -0.39 is 11.7 Å². The fourth-order valence-corrected chi connectivity index (χ4v) is 4.59. The highest BCUT2D eigenvalue weighted by atomic mass is 32.1. The van der Waals surface area contributed by atoms with Gasteiger partial charge in [-0.1, -0.05) is 6.07 Å². The second kappa shape index (κ2) is 9.97. The number of hydrogen-bond acceptors (Lipinski definition) is 6. The van der Waals surface area contributed by atoms with Gasteiger partial charge in [-0.15, -0.1) is 11.3 Å². The molecule has 0 aliphatic rings. The number of aryl methyl sites for hydroxylation is 2. The number of nitrogens with zero attached hydrogens (tertiary/aromatic N) is 2. The number of ether oxygens (including phenoxy) is 2. The first kappa shape index (κ1) is 25.4. The molecule has 0 fully saturated rings. The Morgan fingerprint density at radius 3 is 2.38 bits per heavy atom. The number of thiophene rings is 1. The largest absolute Gasteiger partial charge is 0.496 e. The van der Waals surface area contributed by atoms with Crippen LogP contribution in [0.15, 0.2) is 36.5 Å². The maximum absolute atomic E-state index is 13.4. The molecule has 0 saturated heterocycles. The van der Waals surface area contributed by atoms with Crippen LogP contribution < -0.4 is 9.64 Å². The molecule has 0 aliphatic carbocycles. The third kappa shape index (κ3) is 5.83. The minimum Gasteiger partial charge on any atom is -0.496 e. The fourth-order valence-electron chi connectivity index (χ4n) is 3.70. The number of rotatable bonds is 6. The number of benzene rings is 1. The second-order valence-corrected chi connectivity index (χ2v) is 10.5. The maximum Gasteiger partial charge on any atom is 0.415 e. The van der Waals surface area contributed by atoms with Gasteiger partial charge in [0.1, 0.15) is 11.4 Å². The van der Waals surface area contributed by atoms with Crippen LogP contribution in [-0.4, -0.2) is 29.6 Å². The molecule has 34 heavy (non-hydrogen) atoms. The van der Waals surface area contributed by atoms with Gasteiger partial charge in [-0.25, -0.2) is 4.79 Å². The Morgan fingerprint density at radius 1 is 1.09 bits per heavy atom. The number of anilines is 1. The molecule has 0 aliphatic heterocycles. The van der Waals surface area contributed by atoms with Crippen LogP contribution in [0, 0.1) is 20.8 Å². The molecule has 0 atom stereocenters. The first-order valence-electron chi connectivity index (χ1n) is 11.1. The summed E-state index contributed by atoms with van der Waals surface area (Å²) in [5.74, 6) is 0.795. The van der Waals surface area contributed by atoms with Crippen molar-refractivity contribution in [3.63, 3.8) is 0 Å². The van der Waals surface area contributed by atoms with Crippen molar-refractivity contribution in [3.05, 3.63) is 63.8 Å². The molecule has 0 unspecified atom stereocenters. The van der Waals surface area contributed by atoms with Gasteiger partial charge in [-0.3, -0.25) is 14.7 Å². The highest BCUT2D eigenvalue weighted by Crippen LogP contribution is 2.34. The summed E-state index contributed by atoms with van der Waals surface area (Å²) in [7, 11) is 1.63. The maximum atomic E-state index is 13.4. The van der Waals surface area contributed by atoms with Crippen LogP contribution in [0.3, 0.4) is 0 Å². The van der Waals surface area contributed by atoms with Crippen molar-refractivity contribution < 1.29 is 19.1 Å². The van der Waals surface area contributed by atoms with Crippen molar-refractivity contribution in [2.75, 3.05) is 12.0 Å². The normalized spacial score (nSPS) is 11.3. The number of methoxy groups -OCH3 is 1. The molecule has 2 aromatic heterocycles. The Balaban J connectivity index is 2.09. The van der Waals surface area contributed by atoms with E-state index in [-0.39, 0.29) is 12.3 Å². The van der Waals surface area contributed by atoms with Gasteiger partial charge in [0.25, 0.3) is 0 Å². The molecule has 1 amide bonds. The lowest BCUT2D eigenvalue weighted by atomic mass is 10.1. The minimum absolute atomic E-state index is 0.0365. The quantitative estimate of drug-likeness (QED) is 0.359. The van der Waals surface area contributed by atoms with Gasteiger partial charge in [0.15, 0.2) is 5.78 Å². The van der Waals surface area contributed by atoms with E-state index in [0.29, 0.717) is 10.6 Å². The Hall–Kier alpha value is -3.19. The number of carbonyl (C=O) groups excluding carboxylic acids is 2. The van der Waals surface area contributed by atoms with Crippen molar-refractivity contribution in [1.29, 1.82) is 0 Å².